The summed E-state index contributed by atoms with van der Waals surface area (Å²) in [5.41, 5.74) is 0.508. The summed E-state index contributed by atoms with van der Waals surface area (Å²) in [5.74, 6) is 2.44. The van der Waals surface area contributed by atoms with E-state index in [1.54, 1.807) is 0 Å². The molecule has 0 aliphatic heterocycles. The fraction of sp³-hybridized carbons (Fsp3) is 0.808. The van der Waals surface area contributed by atoms with Crippen LogP contribution in [-0.4, -0.2) is 25.1 Å². The Hall–Kier alpha value is -1.16. The lowest BCUT2D eigenvalue weighted by molar-refractivity contribution is -0.154. The Kier molecular flexibility index (Phi) is 6.17. The molecular formula is C26H37ClO4. The molecule has 4 aliphatic rings. The largest absolute Gasteiger partial charge is 0.469 e. The van der Waals surface area contributed by atoms with E-state index in [2.05, 4.69) is 20.8 Å². The Morgan fingerprint density at radius 3 is 2.65 bits per heavy atom. The van der Waals surface area contributed by atoms with Gasteiger partial charge in [-0.1, -0.05) is 32.4 Å². The number of aldehydes is 1. The Morgan fingerprint density at radius 2 is 1.97 bits per heavy atom. The molecule has 0 N–H and O–H groups in total. The molecular weight excluding hydrogens is 412 g/mol. The quantitative estimate of drug-likeness (QED) is 0.399. The number of Topliss-reactive ketones (excluding diaryl/α,β-unsaturated/α-hetero) is 1. The molecule has 0 radical (unpaired) electrons. The summed E-state index contributed by atoms with van der Waals surface area (Å²) in [6.45, 7) is 6.76. The van der Waals surface area contributed by atoms with Gasteiger partial charge in [-0.05, 0) is 85.9 Å². The van der Waals surface area contributed by atoms with Crippen LogP contribution in [-0.2, 0) is 19.1 Å². The second kappa shape index (κ2) is 8.32. The van der Waals surface area contributed by atoms with Crippen LogP contribution in [0.3, 0.4) is 0 Å². The Balaban J connectivity index is 1.59. The van der Waals surface area contributed by atoms with Gasteiger partial charge in [0.2, 0.25) is 0 Å². The first-order valence-corrected chi connectivity index (χ1v) is 12.5. The molecule has 0 saturated heterocycles. The SMILES string of the molecule is COC(=O)CC[C@@H](C)[C@H]1CC[C@H]2[C@@H]3CC[C@@H]4C(C=O)=C(Cl)CC[C@]4(C)[C@H]3CC(=O)[C@]12C. The molecule has 8 atom stereocenters. The number of carbonyl (C=O) groups is 3. The van der Waals surface area contributed by atoms with E-state index < -0.39 is 0 Å². The summed E-state index contributed by atoms with van der Waals surface area (Å²) in [6.07, 6.45) is 8.83. The van der Waals surface area contributed by atoms with Crippen LogP contribution in [0, 0.1) is 46.3 Å². The fourth-order valence-corrected chi connectivity index (χ4v) is 8.75. The minimum atomic E-state index is -0.282. The molecule has 172 valence electrons. The molecule has 0 unspecified atom stereocenters. The number of rotatable bonds is 5. The minimum absolute atomic E-state index is 0.0108. The number of hydrogen-bond donors (Lipinski definition) is 0. The van der Waals surface area contributed by atoms with Crippen LogP contribution in [0.15, 0.2) is 10.6 Å². The molecule has 0 bridgehead atoms. The van der Waals surface area contributed by atoms with Crippen LogP contribution in [0.1, 0.15) is 78.6 Å². The Bertz CT molecular complexity index is 803. The lowest BCUT2D eigenvalue weighted by Gasteiger charge is -2.59. The zero-order valence-corrected chi connectivity index (χ0v) is 20.2. The molecule has 0 aromatic heterocycles. The molecule has 0 heterocycles. The zero-order valence-electron chi connectivity index (χ0n) is 19.4. The minimum Gasteiger partial charge on any atom is -0.469 e. The summed E-state index contributed by atoms with van der Waals surface area (Å²) < 4.78 is 4.83. The summed E-state index contributed by atoms with van der Waals surface area (Å²) in [5, 5.41) is 0.739. The number of allylic oxidation sites excluding steroid dienone is 2. The van der Waals surface area contributed by atoms with Crippen molar-refractivity contribution < 1.29 is 19.1 Å². The Morgan fingerprint density at radius 1 is 1.23 bits per heavy atom. The van der Waals surface area contributed by atoms with Crippen molar-refractivity contribution in [2.75, 3.05) is 7.11 Å². The van der Waals surface area contributed by atoms with E-state index in [0.717, 1.165) is 61.8 Å². The van der Waals surface area contributed by atoms with Crippen LogP contribution >= 0.6 is 11.6 Å². The van der Waals surface area contributed by atoms with Crippen molar-refractivity contribution >= 4 is 29.6 Å². The number of ether oxygens (including phenoxy) is 1. The first-order chi connectivity index (χ1) is 14.7. The predicted octanol–water partition coefficient (Wildman–Crippen LogP) is 5.72. The van der Waals surface area contributed by atoms with Crippen molar-refractivity contribution in [1.82, 2.24) is 0 Å². The average Bonchev–Trinajstić information content (AvgIpc) is 3.12. The van der Waals surface area contributed by atoms with Crippen LogP contribution in [0.4, 0.5) is 0 Å². The van der Waals surface area contributed by atoms with Crippen molar-refractivity contribution in [1.29, 1.82) is 0 Å². The third-order valence-corrected chi connectivity index (χ3v) is 10.6. The van der Waals surface area contributed by atoms with Crippen molar-refractivity contribution in [3.8, 4) is 0 Å². The zero-order chi connectivity index (χ0) is 22.6. The second-order valence-corrected chi connectivity index (χ2v) is 11.6. The normalized spacial score (nSPS) is 43.0. The van der Waals surface area contributed by atoms with Crippen LogP contribution < -0.4 is 0 Å². The van der Waals surface area contributed by atoms with Gasteiger partial charge in [-0.3, -0.25) is 14.4 Å². The second-order valence-electron chi connectivity index (χ2n) is 11.2. The van der Waals surface area contributed by atoms with Gasteiger partial charge in [0, 0.05) is 28.9 Å². The van der Waals surface area contributed by atoms with Gasteiger partial charge in [0.05, 0.1) is 7.11 Å². The standard InChI is InChI=1S/C26H37ClO4/c1-15(5-10-24(30)31-4)18-8-9-20-16-6-7-19-17(14-28)22(27)11-12-25(19,2)21(16)13-23(29)26(18,20)3/h14-16,18-21H,5-13H2,1-4H3/t15-,16+,18-,19-,20+,21+,25+,26-/m1/s1. The van der Waals surface area contributed by atoms with Gasteiger partial charge in [0.25, 0.3) is 0 Å². The number of carbonyl (C=O) groups excluding carboxylic acids is 3. The van der Waals surface area contributed by atoms with Gasteiger partial charge < -0.3 is 4.74 Å². The van der Waals surface area contributed by atoms with Gasteiger partial charge in [0.1, 0.15) is 12.1 Å². The summed E-state index contributed by atoms with van der Waals surface area (Å²) in [6, 6.07) is 0. The molecule has 31 heavy (non-hydrogen) atoms. The summed E-state index contributed by atoms with van der Waals surface area (Å²) >= 11 is 6.44. The molecule has 5 heteroatoms. The number of hydrogen-bond acceptors (Lipinski definition) is 4. The number of fused-ring (bicyclic) bond motifs is 5. The highest BCUT2D eigenvalue weighted by molar-refractivity contribution is 6.31. The molecule has 0 amide bonds. The van der Waals surface area contributed by atoms with Gasteiger partial charge in [-0.25, -0.2) is 0 Å². The first kappa shape index (κ1) is 23.0. The lowest BCUT2D eigenvalue weighted by Crippen LogP contribution is -2.57. The molecule has 0 spiro atoms. The highest BCUT2D eigenvalue weighted by atomic mass is 35.5. The maximum Gasteiger partial charge on any atom is 0.305 e. The smallest absolute Gasteiger partial charge is 0.305 e. The van der Waals surface area contributed by atoms with E-state index in [1.807, 2.05) is 0 Å². The Labute approximate surface area is 191 Å². The molecule has 3 saturated carbocycles. The van der Waals surface area contributed by atoms with E-state index in [0.29, 0.717) is 48.2 Å². The van der Waals surface area contributed by atoms with Crippen LogP contribution in [0.25, 0.3) is 0 Å². The molecule has 4 nitrogen and oxygen atoms in total. The lowest BCUT2D eigenvalue weighted by atomic mass is 9.44. The first-order valence-electron chi connectivity index (χ1n) is 12.1. The van der Waals surface area contributed by atoms with E-state index >= 15 is 0 Å². The number of ketones is 1. The van der Waals surface area contributed by atoms with Crippen LogP contribution in [0.2, 0.25) is 0 Å². The van der Waals surface area contributed by atoms with Crippen LogP contribution in [0.5, 0.6) is 0 Å². The number of methoxy groups -OCH3 is 1. The monoisotopic (exact) mass is 448 g/mol. The molecule has 3 fully saturated rings. The van der Waals surface area contributed by atoms with Crippen molar-refractivity contribution in [2.24, 2.45) is 46.3 Å². The van der Waals surface area contributed by atoms with Gasteiger partial charge in [-0.2, -0.15) is 0 Å². The van der Waals surface area contributed by atoms with Crippen molar-refractivity contribution in [2.45, 2.75) is 78.6 Å². The topological polar surface area (TPSA) is 60.4 Å². The van der Waals surface area contributed by atoms with Crippen molar-refractivity contribution in [3.63, 3.8) is 0 Å². The maximum atomic E-state index is 13.8. The summed E-state index contributed by atoms with van der Waals surface area (Å²) in [7, 11) is 1.44. The fourth-order valence-electron chi connectivity index (χ4n) is 8.48. The average molecular weight is 449 g/mol. The van der Waals surface area contributed by atoms with E-state index in [9.17, 15) is 14.4 Å². The van der Waals surface area contributed by atoms with E-state index in [1.165, 1.54) is 7.11 Å². The molecule has 4 rings (SSSR count). The van der Waals surface area contributed by atoms with E-state index in [4.69, 9.17) is 16.3 Å². The highest BCUT2D eigenvalue weighted by Crippen LogP contribution is 2.67. The number of halogens is 1. The maximum absolute atomic E-state index is 13.8. The molecule has 0 aromatic carbocycles. The third kappa shape index (κ3) is 3.43. The summed E-state index contributed by atoms with van der Waals surface area (Å²) in [4.78, 5) is 37.3. The molecule has 4 aliphatic carbocycles. The van der Waals surface area contributed by atoms with Gasteiger partial charge >= 0.3 is 5.97 Å². The highest BCUT2D eigenvalue weighted by Gasteiger charge is 2.64. The van der Waals surface area contributed by atoms with E-state index in [-0.39, 0.29) is 22.7 Å². The van der Waals surface area contributed by atoms with Crippen molar-refractivity contribution in [3.05, 3.63) is 10.6 Å². The number of esters is 1. The predicted molar refractivity (Wildman–Crippen MR) is 120 cm³/mol. The molecule has 0 aromatic rings. The van der Waals surface area contributed by atoms with Gasteiger partial charge in [-0.15, -0.1) is 0 Å². The third-order valence-electron chi connectivity index (χ3n) is 10.2. The van der Waals surface area contributed by atoms with Gasteiger partial charge in [0.15, 0.2) is 0 Å².